The van der Waals surface area contributed by atoms with E-state index >= 15 is 0 Å². The van der Waals surface area contributed by atoms with Crippen LogP contribution in [0.25, 0.3) is 10.2 Å². The average molecular weight is 411 g/mol. The van der Waals surface area contributed by atoms with Crippen molar-refractivity contribution in [2.45, 2.75) is 25.7 Å². The molecule has 3 rings (SSSR count). The molecule has 3 heterocycles. The summed E-state index contributed by atoms with van der Waals surface area (Å²) in [5.74, 6) is -0.370. The molecule has 0 aliphatic carbocycles. The van der Waals surface area contributed by atoms with Gasteiger partial charge in [0.15, 0.2) is 5.69 Å². The number of aliphatic hydroxyl groups is 1. The summed E-state index contributed by atoms with van der Waals surface area (Å²) in [4.78, 5) is 24.4. The van der Waals surface area contributed by atoms with Crippen LogP contribution in [0.4, 0.5) is 19.1 Å². The summed E-state index contributed by atoms with van der Waals surface area (Å²) in [6, 6.07) is 2.70. The number of aliphatic hydroxyl groups excluding tert-OH is 1. The van der Waals surface area contributed by atoms with Gasteiger partial charge in [-0.3, -0.25) is 9.78 Å². The molecule has 0 fully saturated rings. The number of thiophene rings is 1. The third-order valence-electron chi connectivity index (χ3n) is 3.65. The average Bonchev–Trinajstić information content (AvgIpc) is 3.12. The van der Waals surface area contributed by atoms with Gasteiger partial charge in [-0.2, -0.15) is 13.2 Å². The Morgan fingerprint density at radius 1 is 1.32 bits per heavy atom. The molecule has 1 amide bonds. The number of nitrogens with one attached hydrogen (secondary N) is 2. The zero-order chi connectivity index (χ0) is 20.3. The van der Waals surface area contributed by atoms with Crippen molar-refractivity contribution in [3.63, 3.8) is 0 Å². The number of rotatable bonds is 6. The number of alkyl halides is 3. The number of hydrogen-bond acceptors (Lipinski definition) is 7. The number of amides is 1. The highest BCUT2D eigenvalue weighted by atomic mass is 32.1. The second-order valence-corrected chi connectivity index (χ2v) is 6.94. The summed E-state index contributed by atoms with van der Waals surface area (Å²) in [5, 5.41) is 16.5. The number of nitrogens with zero attached hydrogens (tertiary/aromatic N) is 3. The number of carbonyl (C=O) groups excluding carboxylic acids is 1. The maximum Gasteiger partial charge on any atom is 0.417 e. The molecular formula is C17H16F3N5O2S. The minimum absolute atomic E-state index is 0.00129. The molecule has 0 saturated carbocycles. The molecule has 148 valence electrons. The lowest BCUT2D eigenvalue weighted by atomic mass is 10.2. The third kappa shape index (κ3) is 4.73. The number of hydrogen-bond donors (Lipinski definition) is 3. The molecular weight excluding hydrogens is 395 g/mol. The van der Waals surface area contributed by atoms with Crippen molar-refractivity contribution in [1.29, 1.82) is 0 Å². The summed E-state index contributed by atoms with van der Waals surface area (Å²) in [6.45, 7) is 1.60. The molecule has 1 unspecified atom stereocenters. The highest BCUT2D eigenvalue weighted by Gasteiger charge is 2.31. The molecule has 0 bridgehead atoms. The highest BCUT2D eigenvalue weighted by molar-refractivity contribution is 7.17. The van der Waals surface area contributed by atoms with Gasteiger partial charge in [-0.05, 0) is 30.0 Å². The van der Waals surface area contributed by atoms with E-state index in [1.807, 2.05) is 0 Å². The van der Waals surface area contributed by atoms with Crippen molar-refractivity contribution in [2.75, 3.05) is 11.9 Å². The van der Waals surface area contributed by atoms with Crippen LogP contribution in [0.5, 0.6) is 0 Å². The largest absolute Gasteiger partial charge is 0.417 e. The standard InChI is InChI=1S/C17H16F3N5O2S/c1-9(26)5-22-15(27)13-14-12(2-3-28-14)24-16(25-13)23-7-10-4-11(8-21-6-10)17(18,19)20/h2-4,6,8-9,26H,5,7H2,1H3,(H,22,27)(H,23,24,25). The Morgan fingerprint density at radius 3 is 2.82 bits per heavy atom. The van der Waals surface area contributed by atoms with Gasteiger partial charge in [0.25, 0.3) is 5.91 Å². The van der Waals surface area contributed by atoms with Crippen LogP contribution < -0.4 is 10.6 Å². The van der Waals surface area contributed by atoms with Gasteiger partial charge < -0.3 is 15.7 Å². The molecule has 7 nitrogen and oxygen atoms in total. The maximum atomic E-state index is 12.8. The first-order chi connectivity index (χ1) is 13.2. The van der Waals surface area contributed by atoms with Gasteiger partial charge in [0.1, 0.15) is 0 Å². The van der Waals surface area contributed by atoms with Crippen LogP contribution in [-0.2, 0) is 12.7 Å². The molecule has 0 aromatic carbocycles. The Labute approximate surface area is 161 Å². The second kappa shape index (κ2) is 8.07. The lowest BCUT2D eigenvalue weighted by molar-refractivity contribution is -0.137. The van der Waals surface area contributed by atoms with Gasteiger partial charge in [0.05, 0.1) is 21.9 Å². The molecule has 0 aliphatic heterocycles. The Bertz CT molecular complexity index is 990. The van der Waals surface area contributed by atoms with Gasteiger partial charge in [0, 0.05) is 25.5 Å². The zero-order valence-electron chi connectivity index (χ0n) is 14.6. The Morgan fingerprint density at radius 2 is 2.11 bits per heavy atom. The van der Waals surface area contributed by atoms with E-state index in [1.54, 1.807) is 11.4 Å². The van der Waals surface area contributed by atoms with Crippen LogP contribution in [0.2, 0.25) is 0 Å². The lowest BCUT2D eigenvalue weighted by Crippen LogP contribution is -2.31. The molecule has 0 saturated heterocycles. The van der Waals surface area contributed by atoms with Gasteiger partial charge >= 0.3 is 6.18 Å². The highest BCUT2D eigenvalue weighted by Crippen LogP contribution is 2.29. The van der Waals surface area contributed by atoms with Gasteiger partial charge in [-0.15, -0.1) is 11.3 Å². The predicted octanol–water partition coefficient (Wildman–Crippen LogP) is 2.83. The molecule has 28 heavy (non-hydrogen) atoms. The minimum Gasteiger partial charge on any atom is -0.392 e. The SMILES string of the molecule is CC(O)CNC(=O)c1nc(NCc2cncc(C(F)(F)F)c2)nc2ccsc12. The number of fused-ring (bicyclic) bond motifs is 1. The van der Waals surface area contributed by atoms with Crippen molar-refractivity contribution in [1.82, 2.24) is 20.3 Å². The van der Waals surface area contributed by atoms with Crippen LogP contribution in [0, 0.1) is 0 Å². The Kier molecular flexibility index (Phi) is 5.75. The fourth-order valence-corrected chi connectivity index (χ4v) is 3.16. The van der Waals surface area contributed by atoms with E-state index in [-0.39, 0.29) is 24.7 Å². The summed E-state index contributed by atoms with van der Waals surface area (Å²) < 4.78 is 39.0. The molecule has 0 spiro atoms. The zero-order valence-corrected chi connectivity index (χ0v) is 15.4. The first kappa shape index (κ1) is 20.0. The van der Waals surface area contributed by atoms with Crippen molar-refractivity contribution >= 4 is 33.4 Å². The first-order valence-corrected chi connectivity index (χ1v) is 9.08. The number of carbonyl (C=O) groups is 1. The van der Waals surface area contributed by atoms with Crippen molar-refractivity contribution in [3.05, 3.63) is 46.7 Å². The van der Waals surface area contributed by atoms with Crippen LogP contribution in [0.15, 0.2) is 29.9 Å². The fourth-order valence-electron chi connectivity index (χ4n) is 2.34. The summed E-state index contributed by atoms with van der Waals surface area (Å²) in [6.07, 6.45) is -3.14. The van der Waals surface area contributed by atoms with E-state index in [0.29, 0.717) is 15.8 Å². The fraction of sp³-hybridized carbons (Fsp3) is 0.294. The van der Waals surface area contributed by atoms with Crippen LogP contribution in [-0.4, -0.2) is 38.6 Å². The van der Waals surface area contributed by atoms with Crippen LogP contribution >= 0.6 is 11.3 Å². The number of anilines is 1. The Balaban J connectivity index is 1.81. The second-order valence-electron chi connectivity index (χ2n) is 6.02. The van der Waals surface area contributed by atoms with Gasteiger partial charge in [0.2, 0.25) is 5.95 Å². The van der Waals surface area contributed by atoms with E-state index in [4.69, 9.17) is 0 Å². The molecule has 3 N–H and O–H groups in total. The number of aromatic nitrogens is 3. The van der Waals surface area contributed by atoms with Gasteiger partial charge in [-0.1, -0.05) is 0 Å². The predicted molar refractivity (Wildman–Crippen MR) is 98.0 cm³/mol. The molecule has 3 aromatic heterocycles. The molecule has 1 atom stereocenters. The molecule has 0 aliphatic rings. The van der Waals surface area contributed by atoms with Crippen molar-refractivity contribution in [2.24, 2.45) is 0 Å². The van der Waals surface area contributed by atoms with Crippen LogP contribution in [0.3, 0.4) is 0 Å². The minimum atomic E-state index is -4.48. The van der Waals surface area contributed by atoms with Crippen LogP contribution in [0.1, 0.15) is 28.5 Å². The summed E-state index contributed by atoms with van der Waals surface area (Å²) >= 11 is 1.29. The third-order valence-corrected chi connectivity index (χ3v) is 4.56. The van der Waals surface area contributed by atoms with Crippen molar-refractivity contribution < 1.29 is 23.1 Å². The monoisotopic (exact) mass is 411 g/mol. The molecule has 3 aromatic rings. The normalized spacial score (nSPS) is 12.8. The number of halogens is 3. The lowest BCUT2D eigenvalue weighted by Gasteiger charge is -2.11. The van der Waals surface area contributed by atoms with E-state index in [9.17, 15) is 23.1 Å². The van der Waals surface area contributed by atoms with Gasteiger partial charge in [-0.25, -0.2) is 9.97 Å². The maximum absolute atomic E-state index is 12.8. The summed E-state index contributed by atoms with van der Waals surface area (Å²) in [5.41, 5.74) is 0.111. The van der Waals surface area contributed by atoms with E-state index in [2.05, 4.69) is 25.6 Å². The summed E-state index contributed by atoms with van der Waals surface area (Å²) in [7, 11) is 0. The molecule has 0 radical (unpaired) electrons. The topological polar surface area (TPSA) is 100 Å². The van der Waals surface area contributed by atoms with E-state index in [0.717, 1.165) is 12.3 Å². The van der Waals surface area contributed by atoms with Crippen molar-refractivity contribution in [3.8, 4) is 0 Å². The van der Waals surface area contributed by atoms with E-state index in [1.165, 1.54) is 24.5 Å². The Hall–Kier alpha value is -2.79. The van der Waals surface area contributed by atoms with E-state index < -0.39 is 23.8 Å². The molecule has 11 heteroatoms. The quantitative estimate of drug-likeness (QED) is 0.577. The number of pyridine rings is 1. The smallest absolute Gasteiger partial charge is 0.392 e. The first-order valence-electron chi connectivity index (χ1n) is 8.20.